The number of likely N-dealkylation sites (tertiary alicyclic amines) is 1. The van der Waals surface area contributed by atoms with E-state index in [-0.39, 0.29) is 29.9 Å². The first-order valence-electron chi connectivity index (χ1n) is 9.26. The zero-order valence-corrected chi connectivity index (χ0v) is 15.8. The molecule has 2 aliphatic heterocycles. The predicted molar refractivity (Wildman–Crippen MR) is 92.8 cm³/mol. The minimum absolute atomic E-state index is 0.0212. The van der Waals surface area contributed by atoms with Gasteiger partial charge in [-0.15, -0.1) is 0 Å². The molecule has 0 unspecified atom stereocenters. The largest absolute Gasteiger partial charge is 0.452 e. The zero-order valence-electron chi connectivity index (χ0n) is 15.0. The molecule has 3 aliphatic rings. The maximum atomic E-state index is 12.3. The van der Waals surface area contributed by atoms with Gasteiger partial charge in [0.15, 0.2) is 15.9 Å². The Bertz CT molecular complexity index is 685. The molecule has 0 spiro atoms. The number of esters is 1. The van der Waals surface area contributed by atoms with Crippen molar-refractivity contribution in [3.8, 4) is 0 Å². The SMILES string of the molecule is C[C@@H](OC(=O)[C@@H]1CC(=O)N(C2CCCC2)C1)C(=O)N[C@@H]1CCS(=O)(=O)C1. The summed E-state index contributed by atoms with van der Waals surface area (Å²) in [7, 11) is -3.09. The van der Waals surface area contributed by atoms with E-state index < -0.39 is 39.8 Å². The summed E-state index contributed by atoms with van der Waals surface area (Å²) in [6.07, 6.45) is 3.68. The minimum Gasteiger partial charge on any atom is -0.452 e. The topological polar surface area (TPSA) is 110 Å². The van der Waals surface area contributed by atoms with Gasteiger partial charge in [0.1, 0.15) is 0 Å². The lowest BCUT2D eigenvalue weighted by Crippen LogP contribution is -2.43. The van der Waals surface area contributed by atoms with Crippen LogP contribution < -0.4 is 5.32 Å². The molecule has 1 aliphatic carbocycles. The molecule has 2 heterocycles. The summed E-state index contributed by atoms with van der Waals surface area (Å²) in [4.78, 5) is 38.4. The van der Waals surface area contributed by atoms with Gasteiger partial charge in [0.2, 0.25) is 5.91 Å². The van der Waals surface area contributed by atoms with Crippen LogP contribution >= 0.6 is 0 Å². The molecule has 0 aromatic rings. The summed E-state index contributed by atoms with van der Waals surface area (Å²) in [6.45, 7) is 1.82. The number of amides is 2. The smallest absolute Gasteiger partial charge is 0.312 e. The molecule has 2 saturated heterocycles. The lowest BCUT2D eigenvalue weighted by molar-refractivity contribution is -0.158. The van der Waals surface area contributed by atoms with Crippen molar-refractivity contribution >= 4 is 27.6 Å². The van der Waals surface area contributed by atoms with Crippen LogP contribution in [-0.4, -0.2) is 67.3 Å². The Kier molecular flexibility index (Phi) is 5.55. The highest BCUT2D eigenvalue weighted by Crippen LogP contribution is 2.30. The monoisotopic (exact) mass is 386 g/mol. The highest BCUT2D eigenvalue weighted by Gasteiger charge is 2.40. The van der Waals surface area contributed by atoms with Gasteiger partial charge in [-0.05, 0) is 26.2 Å². The van der Waals surface area contributed by atoms with Crippen molar-refractivity contribution in [1.29, 1.82) is 0 Å². The molecule has 1 N–H and O–H groups in total. The predicted octanol–water partition coefficient (Wildman–Crippen LogP) is 0.0125. The van der Waals surface area contributed by atoms with Crippen LogP contribution in [0, 0.1) is 5.92 Å². The van der Waals surface area contributed by atoms with E-state index >= 15 is 0 Å². The number of hydrogen-bond donors (Lipinski definition) is 1. The average molecular weight is 386 g/mol. The molecule has 0 aromatic heterocycles. The third-order valence-electron chi connectivity index (χ3n) is 5.50. The summed E-state index contributed by atoms with van der Waals surface area (Å²) in [5.41, 5.74) is 0. The normalized spacial score (nSPS) is 29.7. The molecule has 3 rings (SSSR count). The number of nitrogens with zero attached hydrogens (tertiary/aromatic N) is 1. The number of hydrogen-bond acceptors (Lipinski definition) is 6. The Morgan fingerprint density at radius 2 is 1.92 bits per heavy atom. The van der Waals surface area contributed by atoms with E-state index in [2.05, 4.69) is 5.32 Å². The maximum Gasteiger partial charge on any atom is 0.312 e. The van der Waals surface area contributed by atoms with Gasteiger partial charge in [-0.25, -0.2) is 8.42 Å². The van der Waals surface area contributed by atoms with Crippen LogP contribution in [0.5, 0.6) is 0 Å². The van der Waals surface area contributed by atoms with Crippen molar-refractivity contribution in [2.24, 2.45) is 5.92 Å². The average Bonchev–Trinajstić information content (AvgIpc) is 3.27. The second-order valence-electron chi connectivity index (χ2n) is 7.57. The second kappa shape index (κ2) is 7.54. The van der Waals surface area contributed by atoms with Gasteiger partial charge in [-0.3, -0.25) is 14.4 Å². The van der Waals surface area contributed by atoms with Crippen LogP contribution in [0.4, 0.5) is 0 Å². The fourth-order valence-corrected chi connectivity index (χ4v) is 5.68. The van der Waals surface area contributed by atoms with E-state index in [1.165, 1.54) is 6.92 Å². The highest BCUT2D eigenvalue weighted by molar-refractivity contribution is 7.91. The summed E-state index contributed by atoms with van der Waals surface area (Å²) < 4.78 is 28.1. The van der Waals surface area contributed by atoms with Crippen LogP contribution in [0.2, 0.25) is 0 Å². The second-order valence-corrected chi connectivity index (χ2v) is 9.80. The number of carbonyl (C=O) groups is 3. The van der Waals surface area contributed by atoms with Crippen LogP contribution in [0.3, 0.4) is 0 Å². The molecular weight excluding hydrogens is 360 g/mol. The highest BCUT2D eigenvalue weighted by atomic mass is 32.2. The Morgan fingerprint density at radius 3 is 2.54 bits per heavy atom. The van der Waals surface area contributed by atoms with Crippen LogP contribution in [0.25, 0.3) is 0 Å². The van der Waals surface area contributed by atoms with Crippen LogP contribution in [0.1, 0.15) is 45.4 Å². The Labute approximate surface area is 153 Å². The molecule has 3 fully saturated rings. The molecule has 0 aromatic carbocycles. The molecule has 0 bridgehead atoms. The van der Waals surface area contributed by atoms with E-state index in [0.29, 0.717) is 13.0 Å². The van der Waals surface area contributed by atoms with Crippen molar-refractivity contribution in [3.63, 3.8) is 0 Å². The first kappa shape index (κ1) is 19.1. The van der Waals surface area contributed by atoms with Crippen molar-refractivity contribution in [3.05, 3.63) is 0 Å². The van der Waals surface area contributed by atoms with Crippen molar-refractivity contribution in [2.75, 3.05) is 18.1 Å². The van der Waals surface area contributed by atoms with Crippen LogP contribution in [0.15, 0.2) is 0 Å². The van der Waals surface area contributed by atoms with E-state index in [1.807, 2.05) is 0 Å². The van der Waals surface area contributed by atoms with Gasteiger partial charge in [0.25, 0.3) is 5.91 Å². The molecule has 9 heteroatoms. The fourth-order valence-electron chi connectivity index (χ4n) is 4.01. The zero-order chi connectivity index (χ0) is 18.9. The first-order chi connectivity index (χ1) is 12.2. The standard InChI is InChI=1S/C17H26N2O6S/c1-11(16(21)18-13-6-7-26(23,24)10-13)25-17(22)12-8-15(20)19(9-12)14-4-2-3-5-14/h11-14H,2-10H2,1H3,(H,18,21)/t11-,12-,13-/m1/s1. The van der Waals surface area contributed by atoms with E-state index in [0.717, 1.165) is 25.7 Å². The van der Waals surface area contributed by atoms with Gasteiger partial charge in [0, 0.05) is 25.0 Å². The lowest BCUT2D eigenvalue weighted by Gasteiger charge is -2.24. The van der Waals surface area contributed by atoms with Gasteiger partial charge >= 0.3 is 5.97 Å². The molecule has 2 amide bonds. The lowest BCUT2D eigenvalue weighted by atomic mass is 10.1. The van der Waals surface area contributed by atoms with E-state index in [4.69, 9.17) is 4.74 Å². The Balaban J connectivity index is 1.48. The van der Waals surface area contributed by atoms with Crippen molar-refractivity contribution in [1.82, 2.24) is 10.2 Å². The number of rotatable bonds is 5. The van der Waals surface area contributed by atoms with E-state index in [9.17, 15) is 22.8 Å². The van der Waals surface area contributed by atoms with Gasteiger partial charge in [-0.2, -0.15) is 0 Å². The molecule has 3 atom stereocenters. The molecule has 26 heavy (non-hydrogen) atoms. The van der Waals surface area contributed by atoms with Crippen molar-refractivity contribution in [2.45, 2.75) is 63.6 Å². The number of ether oxygens (including phenoxy) is 1. The third-order valence-corrected chi connectivity index (χ3v) is 7.27. The first-order valence-corrected chi connectivity index (χ1v) is 11.1. The molecule has 1 saturated carbocycles. The molecule has 0 radical (unpaired) electrons. The van der Waals surface area contributed by atoms with Gasteiger partial charge in [-0.1, -0.05) is 12.8 Å². The van der Waals surface area contributed by atoms with Crippen LogP contribution in [-0.2, 0) is 29.0 Å². The summed E-state index contributed by atoms with van der Waals surface area (Å²) in [5, 5.41) is 2.62. The molecule has 146 valence electrons. The summed E-state index contributed by atoms with van der Waals surface area (Å²) in [6, 6.07) is -0.204. The Hall–Kier alpha value is -1.64. The van der Waals surface area contributed by atoms with E-state index in [1.54, 1.807) is 4.90 Å². The number of sulfone groups is 1. The quantitative estimate of drug-likeness (QED) is 0.667. The molecule has 8 nitrogen and oxygen atoms in total. The number of nitrogens with one attached hydrogen (secondary N) is 1. The number of carbonyl (C=O) groups excluding carboxylic acids is 3. The Morgan fingerprint density at radius 1 is 1.23 bits per heavy atom. The maximum absolute atomic E-state index is 12.3. The third kappa shape index (κ3) is 4.36. The van der Waals surface area contributed by atoms with Gasteiger partial charge in [0.05, 0.1) is 17.4 Å². The van der Waals surface area contributed by atoms with Crippen molar-refractivity contribution < 1.29 is 27.5 Å². The fraction of sp³-hybridized carbons (Fsp3) is 0.824. The summed E-state index contributed by atoms with van der Waals surface area (Å²) >= 11 is 0. The minimum atomic E-state index is -3.09. The summed E-state index contributed by atoms with van der Waals surface area (Å²) in [5.74, 6) is -1.62. The molecular formula is C17H26N2O6S. The van der Waals surface area contributed by atoms with Gasteiger partial charge < -0.3 is 15.0 Å².